The van der Waals surface area contributed by atoms with Crippen molar-refractivity contribution in [3.63, 3.8) is 0 Å². The Morgan fingerprint density at radius 2 is 2.42 bits per heavy atom. The van der Waals surface area contributed by atoms with Crippen molar-refractivity contribution in [2.24, 2.45) is 5.73 Å². The predicted octanol–water partition coefficient (Wildman–Crippen LogP) is -0.0546. The van der Waals surface area contributed by atoms with Crippen molar-refractivity contribution in [3.8, 4) is 6.07 Å². The third-order valence-corrected chi connectivity index (χ3v) is 1.53. The molecule has 1 aromatic heterocycles. The Kier molecular flexibility index (Phi) is 2.75. The standard InChI is InChI=1S/C8H9N3O/c9-3-7-2-1-6(4-11-7)8(10)5-12/h1-2,4,8,12H,5,10H2/t8-/m0/s1. The molecular formula is C8H9N3O. The van der Waals surface area contributed by atoms with Crippen LogP contribution in [-0.2, 0) is 0 Å². The molecule has 3 N–H and O–H groups in total. The van der Waals surface area contributed by atoms with Crippen LogP contribution in [0.25, 0.3) is 0 Å². The second kappa shape index (κ2) is 3.81. The summed E-state index contributed by atoms with van der Waals surface area (Å²) in [7, 11) is 0. The molecule has 0 spiro atoms. The van der Waals surface area contributed by atoms with Crippen molar-refractivity contribution < 1.29 is 5.11 Å². The predicted molar refractivity (Wildman–Crippen MR) is 43.0 cm³/mol. The van der Waals surface area contributed by atoms with Crippen molar-refractivity contribution in [1.29, 1.82) is 5.26 Å². The molecule has 0 fully saturated rings. The van der Waals surface area contributed by atoms with Crippen LogP contribution in [0.4, 0.5) is 0 Å². The number of pyridine rings is 1. The minimum Gasteiger partial charge on any atom is -0.394 e. The summed E-state index contributed by atoms with van der Waals surface area (Å²) in [5, 5.41) is 17.1. The monoisotopic (exact) mass is 163 g/mol. The van der Waals surface area contributed by atoms with Gasteiger partial charge in [-0.3, -0.25) is 0 Å². The summed E-state index contributed by atoms with van der Waals surface area (Å²) in [6, 6.07) is 4.75. The summed E-state index contributed by atoms with van der Waals surface area (Å²) in [6.07, 6.45) is 1.50. The fraction of sp³-hybridized carbons (Fsp3) is 0.250. The van der Waals surface area contributed by atoms with Crippen LogP contribution in [-0.4, -0.2) is 16.7 Å². The summed E-state index contributed by atoms with van der Waals surface area (Å²) in [5.74, 6) is 0. The highest BCUT2D eigenvalue weighted by Gasteiger charge is 2.03. The van der Waals surface area contributed by atoms with E-state index in [0.29, 0.717) is 5.69 Å². The van der Waals surface area contributed by atoms with E-state index < -0.39 is 6.04 Å². The van der Waals surface area contributed by atoms with Gasteiger partial charge in [-0.05, 0) is 11.6 Å². The van der Waals surface area contributed by atoms with Gasteiger partial charge in [0.05, 0.1) is 12.6 Å². The van der Waals surface area contributed by atoms with E-state index in [-0.39, 0.29) is 6.61 Å². The van der Waals surface area contributed by atoms with E-state index in [9.17, 15) is 0 Å². The maximum atomic E-state index is 8.70. The molecule has 1 heterocycles. The van der Waals surface area contributed by atoms with Crippen LogP contribution in [0.2, 0.25) is 0 Å². The number of aliphatic hydroxyl groups is 1. The minimum absolute atomic E-state index is 0.117. The molecule has 0 amide bonds. The van der Waals surface area contributed by atoms with Crippen LogP contribution in [0.5, 0.6) is 0 Å². The first kappa shape index (κ1) is 8.65. The number of nitriles is 1. The molecule has 4 nitrogen and oxygen atoms in total. The number of aromatic nitrogens is 1. The van der Waals surface area contributed by atoms with E-state index in [2.05, 4.69) is 4.98 Å². The van der Waals surface area contributed by atoms with Crippen LogP contribution in [0.15, 0.2) is 18.3 Å². The molecule has 0 unspecified atom stereocenters. The Labute approximate surface area is 70.3 Å². The summed E-state index contributed by atoms with van der Waals surface area (Å²) in [5.41, 5.74) is 6.60. The van der Waals surface area contributed by atoms with Crippen LogP contribution < -0.4 is 5.73 Å². The third kappa shape index (κ3) is 1.78. The van der Waals surface area contributed by atoms with E-state index >= 15 is 0 Å². The fourth-order valence-electron chi connectivity index (χ4n) is 0.796. The lowest BCUT2D eigenvalue weighted by atomic mass is 10.1. The van der Waals surface area contributed by atoms with E-state index in [1.165, 1.54) is 6.20 Å². The zero-order valence-electron chi connectivity index (χ0n) is 6.44. The molecule has 0 saturated heterocycles. The Morgan fingerprint density at radius 1 is 1.67 bits per heavy atom. The largest absolute Gasteiger partial charge is 0.394 e. The van der Waals surface area contributed by atoms with Crippen molar-refractivity contribution in [3.05, 3.63) is 29.6 Å². The average Bonchev–Trinajstić information content (AvgIpc) is 2.17. The normalized spacial score (nSPS) is 12.1. The first-order chi connectivity index (χ1) is 5.77. The van der Waals surface area contributed by atoms with Crippen LogP contribution in [0, 0.1) is 11.3 Å². The highest BCUT2D eigenvalue weighted by molar-refractivity contribution is 5.24. The van der Waals surface area contributed by atoms with Gasteiger partial charge in [-0.25, -0.2) is 4.98 Å². The van der Waals surface area contributed by atoms with Crippen LogP contribution >= 0.6 is 0 Å². The second-order valence-electron chi connectivity index (χ2n) is 2.38. The van der Waals surface area contributed by atoms with E-state index in [1.54, 1.807) is 12.1 Å². The Hall–Kier alpha value is -1.44. The molecule has 1 rings (SSSR count). The van der Waals surface area contributed by atoms with E-state index in [0.717, 1.165) is 5.56 Å². The van der Waals surface area contributed by atoms with Crippen LogP contribution in [0.1, 0.15) is 17.3 Å². The summed E-state index contributed by atoms with van der Waals surface area (Å²) >= 11 is 0. The van der Waals surface area contributed by atoms with E-state index in [1.807, 2.05) is 6.07 Å². The quantitative estimate of drug-likeness (QED) is 0.640. The molecule has 0 radical (unpaired) electrons. The molecule has 0 saturated carbocycles. The molecule has 4 heteroatoms. The van der Waals surface area contributed by atoms with Gasteiger partial charge in [0.25, 0.3) is 0 Å². The number of hydrogen-bond acceptors (Lipinski definition) is 4. The van der Waals surface area contributed by atoms with Gasteiger partial charge >= 0.3 is 0 Å². The molecule has 12 heavy (non-hydrogen) atoms. The lowest BCUT2D eigenvalue weighted by Crippen LogP contribution is -2.14. The van der Waals surface area contributed by atoms with Gasteiger partial charge in [-0.1, -0.05) is 6.07 Å². The Bertz CT molecular complexity index is 288. The molecular weight excluding hydrogens is 154 g/mol. The first-order valence-corrected chi connectivity index (χ1v) is 3.50. The van der Waals surface area contributed by atoms with Gasteiger partial charge in [0.1, 0.15) is 11.8 Å². The molecule has 0 aliphatic carbocycles. The highest BCUT2D eigenvalue weighted by atomic mass is 16.3. The van der Waals surface area contributed by atoms with Crippen molar-refractivity contribution in [2.75, 3.05) is 6.61 Å². The van der Waals surface area contributed by atoms with Crippen molar-refractivity contribution in [1.82, 2.24) is 4.98 Å². The summed E-state index contributed by atoms with van der Waals surface area (Å²) in [6.45, 7) is -0.117. The van der Waals surface area contributed by atoms with Crippen molar-refractivity contribution in [2.45, 2.75) is 6.04 Å². The second-order valence-corrected chi connectivity index (χ2v) is 2.38. The zero-order chi connectivity index (χ0) is 8.97. The lowest BCUT2D eigenvalue weighted by molar-refractivity contribution is 0.268. The van der Waals surface area contributed by atoms with E-state index in [4.69, 9.17) is 16.1 Å². The maximum absolute atomic E-state index is 8.70. The smallest absolute Gasteiger partial charge is 0.140 e. The number of rotatable bonds is 2. The van der Waals surface area contributed by atoms with Crippen molar-refractivity contribution >= 4 is 0 Å². The topological polar surface area (TPSA) is 82.9 Å². The first-order valence-electron chi connectivity index (χ1n) is 3.50. The van der Waals surface area contributed by atoms with Gasteiger partial charge in [0, 0.05) is 6.20 Å². The number of nitrogens with zero attached hydrogens (tertiary/aromatic N) is 2. The van der Waals surface area contributed by atoms with Gasteiger partial charge in [-0.2, -0.15) is 5.26 Å². The van der Waals surface area contributed by atoms with Gasteiger partial charge in [0.2, 0.25) is 0 Å². The van der Waals surface area contributed by atoms with Gasteiger partial charge in [-0.15, -0.1) is 0 Å². The number of aliphatic hydroxyl groups excluding tert-OH is 1. The molecule has 0 bridgehead atoms. The Morgan fingerprint density at radius 3 is 2.83 bits per heavy atom. The maximum Gasteiger partial charge on any atom is 0.140 e. The molecule has 62 valence electrons. The zero-order valence-corrected chi connectivity index (χ0v) is 6.44. The molecule has 1 aromatic rings. The molecule has 0 aliphatic heterocycles. The van der Waals surface area contributed by atoms with Crippen LogP contribution in [0.3, 0.4) is 0 Å². The third-order valence-electron chi connectivity index (χ3n) is 1.53. The number of nitrogens with two attached hydrogens (primary N) is 1. The SMILES string of the molecule is N#Cc1ccc([C@@H](N)CO)cn1. The molecule has 1 atom stereocenters. The minimum atomic E-state index is -0.412. The Balaban J connectivity index is 2.86. The molecule has 0 aliphatic rings. The molecule has 0 aromatic carbocycles. The summed E-state index contributed by atoms with van der Waals surface area (Å²) < 4.78 is 0. The fourth-order valence-corrected chi connectivity index (χ4v) is 0.796. The highest BCUT2D eigenvalue weighted by Crippen LogP contribution is 2.07. The van der Waals surface area contributed by atoms with Gasteiger partial charge in [0.15, 0.2) is 0 Å². The lowest BCUT2D eigenvalue weighted by Gasteiger charge is -2.06. The average molecular weight is 163 g/mol. The van der Waals surface area contributed by atoms with Gasteiger partial charge < -0.3 is 10.8 Å². The summed E-state index contributed by atoms with van der Waals surface area (Å²) in [4.78, 5) is 3.81. The number of hydrogen-bond donors (Lipinski definition) is 2.